The van der Waals surface area contributed by atoms with Crippen LogP contribution in [0, 0.1) is 6.92 Å². The molecule has 2 heterocycles. The summed E-state index contributed by atoms with van der Waals surface area (Å²) < 4.78 is 1.93. The fourth-order valence-corrected chi connectivity index (χ4v) is 2.01. The molecule has 0 radical (unpaired) electrons. The molecule has 2 rings (SSSR count). The zero-order valence-electron chi connectivity index (χ0n) is 11.5. The zero-order chi connectivity index (χ0) is 13.8. The van der Waals surface area contributed by atoms with Crippen LogP contribution in [0.1, 0.15) is 30.2 Å². The molecule has 100 valence electrons. The van der Waals surface area contributed by atoms with Crippen molar-refractivity contribution in [3.63, 3.8) is 0 Å². The topological polar surface area (TPSA) is 51.0 Å². The van der Waals surface area contributed by atoms with Gasteiger partial charge in [0.2, 0.25) is 0 Å². The molecule has 0 spiro atoms. The first-order valence-electron chi connectivity index (χ1n) is 6.43. The summed E-state index contributed by atoms with van der Waals surface area (Å²) in [5.41, 5.74) is 1.37. The van der Waals surface area contributed by atoms with Crippen molar-refractivity contribution in [1.82, 2.24) is 19.4 Å². The first-order chi connectivity index (χ1) is 9.17. The Hall–Kier alpha value is -2.17. The molecule has 0 saturated carbocycles. The maximum atomic E-state index is 12.3. The molecule has 0 atom stereocenters. The van der Waals surface area contributed by atoms with Gasteiger partial charge in [0.25, 0.3) is 5.91 Å². The lowest BCUT2D eigenvalue weighted by molar-refractivity contribution is 0.0767. The first kappa shape index (κ1) is 13.3. The van der Waals surface area contributed by atoms with E-state index in [2.05, 4.69) is 9.97 Å². The molecule has 0 aromatic carbocycles. The number of pyridine rings is 1. The summed E-state index contributed by atoms with van der Waals surface area (Å²) in [4.78, 5) is 22.4. The number of aromatic nitrogens is 3. The number of hydrogen-bond acceptors (Lipinski definition) is 3. The van der Waals surface area contributed by atoms with Crippen LogP contribution < -0.4 is 0 Å². The van der Waals surface area contributed by atoms with E-state index in [0.717, 1.165) is 11.5 Å². The van der Waals surface area contributed by atoms with Crippen molar-refractivity contribution in [3.05, 3.63) is 42.2 Å². The van der Waals surface area contributed by atoms with Crippen LogP contribution in [0.3, 0.4) is 0 Å². The Bertz CT molecular complexity index is 572. The standard InChI is InChI=1S/C14H18N4O/c1-4-17(5-2)14(19)13-10-12(6-7-16-13)18-9-8-15-11(18)3/h6-10H,4-5H2,1-3H3. The van der Waals surface area contributed by atoms with Crippen molar-refractivity contribution in [3.8, 4) is 5.69 Å². The number of nitrogens with zero attached hydrogens (tertiary/aromatic N) is 4. The third kappa shape index (κ3) is 2.65. The van der Waals surface area contributed by atoms with Gasteiger partial charge in [0, 0.05) is 31.7 Å². The highest BCUT2D eigenvalue weighted by atomic mass is 16.2. The Kier molecular flexibility index (Phi) is 3.94. The summed E-state index contributed by atoms with van der Waals surface area (Å²) in [6, 6.07) is 3.67. The minimum absolute atomic E-state index is 0.0374. The molecular weight excluding hydrogens is 240 g/mol. The van der Waals surface area contributed by atoms with Crippen LogP contribution in [0.25, 0.3) is 5.69 Å². The Morgan fingerprint density at radius 1 is 1.26 bits per heavy atom. The second-order valence-corrected chi connectivity index (χ2v) is 4.22. The minimum Gasteiger partial charge on any atom is -0.338 e. The van der Waals surface area contributed by atoms with E-state index in [1.165, 1.54) is 0 Å². The van der Waals surface area contributed by atoms with Crippen molar-refractivity contribution >= 4 is 5.91 Å². The van der Waals surface area contributed by atoms with Crippen LogP contribution in [-0.2, 0) is 0 Å². The van der Waals surface area contributed by atoms with Crippen molar-refractivity contribution in [2.75, 3.05) is 13.1 Å². The number of carbonyl (C=O) groups is 1. The van der Waals surface area contributed by atoms with Gasteiger partial charge in [0.15, 0.2) is 0 Å². The van der Waals surface area contributed by atoms with Gasteiger partial charge in [-0.05, 0) is 32.9 Å². The summed E-state index contributed by atoms with van der Waals surface area (Å²) in [7, 11) is 0. The van der Waals surface area contributed by atoms with E-state index in [4.69, 9.17) is 0 Å². The van der Waals surface area contributed by atoms with Gasteiger partial charge in [0.1, 0.15) is 11.5 Å². The summed E-state index contributed by atoms with van der Waals surface area (Å²) in [6.45, 7) is 7.22. The molecule has 0 N–H and O–H groups in total. The van der Waals surface area contributed by atoms with Crippen LogP contribution in [0.15, 0.2) is 30.7 Å². The summed E-state index contributed by atoms with van der Waals surface area (Å²) in [6.07, 6.45) is 5.27. The maximum Gasteiger partial charge on any atom is 0.272 e. The molecule has 2 aromatic heterocycles. The summed E-state index contributed by atoms with van der Waals surface area (Å²) >= 11 is 0. The molecule has 0 bridgehead atoms. The molecule has 1 amide bonds. The largest absolute Gasteiger partial charge is 0.338 e. The van der Waals surface area contributed by atoms with Gasteiger partial charge in [-0.25, -0.2) is 4.98 Å². The third-order valence-corrected chi connectivity index (χ3v) is 3.12. The third-order valence-electron chi connectivity index (χ3n) is 3.12. The SMILES string of the molecule is CCN(CC)C(=O)c1cc(-n2ccnc2C)ccn1. The van der Waals surface area contributed by atoms with E-state index in [1.54, 1.807) is 23.4 Å². The van der Waals surface area contributed by atoms with Crippen LogP contribution in [0.2, 0.25) is 0 Å². The van der Waals surface area contributed by atoms with E-state index < -0.39 is 0 Å². The highest BCUT2D eigenvalue weighted by Crippen LogP contribution is 2.12. The van der Waals surface area contributed by atoms with E-state index >= 15 is 0 Å². The van der Waals surface area contributed by atoms with Gasteiger partial charge in [-0.2, -0.15) is 0 Å². The maximum absolute atomic E-state index is 12.3. The molecule has 0 aliphatic heterocycles. The molecular formula is C14H18N4O. The van der Waals surface area contributed by atoms with Crippen LogP contribution >= 0.6 is 0 Å². The molecule has 5 nitrogen and oxygen atoms in total. The van der Waals surface area contributed by atoms with Crippen LogP contribution in [0.4, 0.5) is 0 Å². The lowest BCUT2D eigenvalue weighted by Gasteiger charge is -2.18. The van der Waals surface area contributed by atoms with Crippen molar-refractivity contribution < 1.29 is 4.79 Å². The molecule has 0 aliphatic carbocycles. The number of carbonyl (C=O) groups excluding carboxylic acids is 1. The minimum atomic E-state index is -0.0374. The number of hydrogen-bond donors (Lipinski definition) is 0. The summed E-state index contributed by atoms with van der Waals surface area (Å²) in [5.74, 6) is 0.844. The van der Waals surface area contributed by atoms with Gasteiger partial charge in [-0.15, -0.1) is 0 Å². The fourth-order valence-electron chi connectivity index (χ4n) is 2.01. The highest BCUT2D eigenvalue weighted by Gasteiger charge is 2.14. The number of rotatable bonds is 4. The predicted octanol–water partition coefficient (Wildman–Crippen LogP) is 2.06. The van der Waals surface area contributed by atoms with Gasteiger partial charge in [0.05, 0.1) is 5.69 Å². The predicted molar refractivity (Wildman–Crippen MR) is 73.3 cm³/mol. The smallest absolute Gasteiger partial charge is 0.272 e. The molecule has 0 saturated heterocycles. The fraction of sp³-hybridized carbons (Fsp3) is 0.357. The molecule has 0 unspecified atom stereocenters. The Morgan fingerprint density at radius 2 is 2.00 bits per heavy atom. The highest BCUT2D eigenvalue weighted by molar-refractivity contribution is 5.92. The number of imidazole rings is 1. The molecule has 19 heavy (non-hydrogen) atoms. The Morgan fingerprint density at radius 3 is 2.58 bits per heavy atom. The second-order valence-electron chi connectivity index (χ2n) is 4.22. The number of aryl methyl sites for hydroxylation is 1. The van der Waals surface area contributed by atoms with Gasteiger partial charge >= 0.3 is 0 Å². The van der Waals surface area contributed by atoms with E-state index in [-0.39, 0.29) is 5.91 Å². The van der Waals surface area contributed by atoms with Crippen molar-refractivity contribution in [1.29, 1.82) is 0 Å². The first-order valence-corrected chi connectivity index (χ1v) is 6.43. The monoisotopic (exact) mass is 258 g/mol. The average Bonchev–Trinajstić information content (AvgIpc) is 2.86. The normalized spacial score (nSPS) is 10.5. The zero-order valence-corrected chi connectivity index (χ0v) is 11.5. The molecule has 0 aliphatic rings. The van der Waals surface area contributed by atoms with Gasteiger partial charge in [-0.3, -0.25) is 9.78 Å². The van der Waals surface area contributed by atoms with E-state index in [9.17, 15) is 4.79 Å². The number of amides is 1. The van der Waals surface area contributed by atoms with Crippen molar-refractivity contribution in [2.24, 2.45) is 0 Å². The second kappa shape index (κ2) is 5.65. The van der Waals surface area contributed by atoms with Crippen LogP contribution in [-0.4, -0.2) is 38.4 Å². The van der Waals surface area contributed by atoms with E-state index in [0.29, 0.717) is 18.8 Å². The van der Waals surface area contributed by atoms with Gasteiger partial charge in [-0.1, -0.05) is 0 Å². The molecule has 2 aromatic rings. The molecule has 5 heteroatoms. The average molecular weight is 258 g/mol. The Balaban J connectivity index is 2.35. The summed E-state index contributed by atoms with van der Waals surface area (Å²) in [5, 5.41) is 0. The van der Waals surface area contributed by atoms with Crippen molar-refractivity contribution in [2.45, 2.75) is 20.8 Å². The quantitative estimate of drug-likeness (QED) is 0.843. The lowest BCUT2D eigenvalue weighted by Crippen LogP contribution is -2.31. The lowest BCUT2D eigenvalue weighted by atomic mass is 10.2. The van der Waals surface area contributed by atoms with E-state index in [1.807, 2.05) is 37.6 Å². The van der Waals surface area contributed by atoms with Gasteiger partial charge < -0.3 is 9.47 Å². The Labute approximate surface area is 112 Å². The molecule has 0 fully saturated rings. The van der Waals surface area contributed by atoms with Crippen LogP contribution in [0.5, 0.6) is 0 Å².